The molecule has 0 radical (unpaired) electrons. The number of hydrogen-bond donors (Lipinski definition) is 0. The predicted octanol–water partition coefficient (Wildman–Crippen LogP) is 4.24. The van der Waals surface area contributed by atoms with Crippen LogP contribution in [0.25, 0.3) is 27.3 Å². The van der Waals surface area contributed by atoms with Gasteiger partial charge in [-0.05, 0) is 17.2 Å². The van der Waals surface area contributed by atoms with Crippen LogP contribution in [0.1, 0.15) is 17.0 Å². The van der Waals surface area contributed by atoms with Crippen LogP contribution in [0.3, 0.4) is 0 Å². The van der Waals surface area contributed by atoms with Gasteiger partial charge in [-0.15, -0.1) is 11.3 Å². The minimum Gasteiger partial charge on any atom is -0.260 e. The Balaban J connectivity index is 1.34. The van der Waals surface area contributed by atoms with Gasteiger partial charge in [0.2, 0.25) is 0 Å². The monoisotopic (exact) mass is 423 g/mol. The molecule has 4 aromatic heterocycles. The average Bonchev–Trinajstić information content (AvgIpc) is 3.54. The molecule has 8 heteroatoms. The lowest BCUT2D eigenvalue weighted by atomic mass is 10.1. The van der Waals surface area contributed by atoms with Crippen LogP contribution in [0.4, 0.5) is 0 Å². The first kappa shape index (κ1) is 17.9. The summed E-state index contributed by atoms with van der Waals surface area (Å²) >= 11 is 1.54. The SMILES string of the molecule is c1ccc(Cn2ncc3ccc(Cc4nc5c(-c6nccs6)nccn5n4)cc32)cc1. The van der Waals surface area contributed by atoms with E-state index >= 15 is 0 Å². The van der Waals surface area contributed by atoms with Crippen molar-refractivity contribution in [2.24, 2.45) is 0 Å². The number of benzene rings is 2. The maximum Gasteiger partial charge on any atom is 0.184 e. The quantitative estimate of drug-likeness (QED) is 0.415. The van der Waals surface area contributed by atoms with E-state index in [0.29, 0.717) is 6.42 Å². The van der Waals surface area contributed by atoms with Crippen molar-refractivity contribution in [2.45, 2.75) is 13.0 Å². The van der Waals surface area contributed by atoms with Crippen LogP contribution in [0, 0.1) is 0 Å². The van der Waals surface area contributed by atoms with Gasteiger partial charge in [-0.3, -0.25) is 4.68 Å². The second-order valence-corrected chi connectivity index (χ2v) is 8.16. The van der Waals surface area contributed by atoms with Gasteiger partial charge in [-0.1, -0.05) is 42.5 Å². The normalized spacial score (nSPS) is 11.5. The zero-order valence-corrected chi connectivity index (χ0v) is 17.3. The highest BCUT2D eigenvalue weighted by Gasteiger charge is 2.14. The first-order valence-corrected chi connectivity index (χ1v) is 10.8. The lowest BCUT2D eigenvalue weighted by Gasteiger charge is -2.05. The lowest BCUT2D eigenvalue weighted by molar-refractivity contribution is 0.712. The summed E-state index contributed by atoms with van der Waals surface area (Å²) < 4.78 is 3.81. The Morgan fingerprint density at radius 3 is 2.74 bits per heavy atom. The maximum atomic E-state index is 4.76. The summed E-state index contributed by atoms with van der Waals surface area (Å²) in [5.41, 5.74) is 4.95. The largest absolute Gasteiger partial charge is 0.260 e. The number of fused-ring (bicyclic) bond motifs is 2. The highest BCUT2D eigenvalue weighted by atomic mass is 32.1. The van der Waals surface area contributed by atoms with Gasteiger partial charge in [0.15, 0.2) is 11.5 Å². The van der Waals surface area contributed by atoms with Crippen LogP contribution in [0.15, 0.2) is 78.7 Å². The van der Waals surface area contributed by atoms with Crippen LogP contribution in [-0.4, -0.2) is 34.3 Å². The minimum absolute atomic E-state index is 0.630. The minimum atomic E-state index is 0.630. The van der Waals surface area contributed by atoms with E-state index in [0.717, 1.165) is 45.2 Å². The van der Waals surface area contributed by atoms with Crippen molar-refractivity contribution in [3.63, 3.8) is 0 Å². The molecule has 0 atom stereocenters. The molecule has 0 aliphatic carbocycles. The fraction of sp³-hybridized carbons (Fsp3) is 0.0870. The molecule has 0 saturated heterocycles. The summed E-state index contributed by atoms with van der Waals surface area (Å²) in [6.07, 6.45) is 7.87. The van der Waals surface area contributed by atoms with E-state index in [1.165, 1.54) is 5.56 Å². The third-order valence-electron chi connectivity index (χ3n) is 5.18. The van der Waals surface area contributed by atoms with Gasteiger partial charge < -0.3 is 0 Å². The Morgan fingerprint density at radius 2 is 1.87 bits per heavy atom. The predicted molar refractivity (Wildman–Crippen MR) is 120 cm³/mol. The van der Waals surface area contributed by atoms with E-state index in [2.05, 4.69) is 62.6 Å². The van der Waals surface area contributed by atoms with Crippen molar-refractivity contribution in [3.05, 3.63) is 95.6 Å². The Kier molecular flexibility index (Phi) is 4.28. The highest BCUT2D eigenvalue weighted by molar-refractivity contribution is 7.13. The molecule has 31 heavy (non-hydrogen) atoms. The molecule has 0 saturated carbocycles. The first-order chi connectivity index (χ1) is 15.3. The van der Waals surface area contributed by atoms with Crippen LogP contribution < -0.4 is 0 Å². The molecule has 0 amide bonds. The smallest absolute Gasteiger partial charge is 0.184 e. The van der Waals surface area contributed by atoms with Gasteiger partial charge in [0, 0.05) is 35.8 Å². The molecule has 0 fully saturated rings. The van der Waals surface area contributed by atoms with Crippen molar-refractivity contribution in [1.29, 1.82) is 0 Å². The number of aromatic nitrogens is 7. The average molecular weight is 424 g/mol. The van der Waals surface area contributed by atoms with E-state index in [-0.39, 0.29) is 0 Å². The van der Waals surface area contributed by atoms with Crippen LogP contribution in [-0.2, 0) is 13.0 Å². The summed E-state index contributed by atoms with van der Waals surface area (Å²) in [7, 11) is 0. The molecule has 0 aliphatic rings. The second-order valence-electron chi connectivity index (χ2n) is 7.27. The topological polar surface area (TPSA) is 73.8 Å². The Labute approximate surface area is 181 Å². The van der Waals surface area contributed by atoms with Gasteiger partial charge in [-0.25, -0.2) is 19.5 Å². The summed E-state index contributed by atoms with van der Waals surface area (Å²) in [6, 6.07) is 16.8. The Morgan fingerprint density at radius 1 is 0.935 bits per heavy atom. The molecule has 6 aromatic rings. The van der Waals surface area contributed by atoms with E-state index in [1.54, 1.807) is 28.2 Å². The summed E-state index contributed by atoms with van der Waals surface area (Å²) in [6.45, 7) is 0.739. The first-order valence-electron chi connectivity index (χ1n) is 9.92. The van der Waals surface area contributed by atoms with Crippen LogP contribution in [0.2, 0.25) is 0 Å². The van der Waals surface area contributed by atoms with Crippen molar-refractivity contribution < 1.29 is 0 Å². The molecule has 7 nitrogen and oxygen atoms in total. The number of thiazole rings is 1. The molecule has 2 aromatic carbocycles. The fourth-order valence-corrected chi connectivity index (χ4v) is 4.35. The Bertz CT molecular complexity index is 1480. The molecule has 0 N–H and O–H groups in total. The maximum absolute atomic E-state index is 4.76. The molecular weight excluding hydrogens is 406 g/mol. The second kappa shape index (κ2) is 7.41. The Hall–Kier alpha value is -3.91. The molecule has 0 aliphatic heterocycles. The lowest BCUT2D eigenvalue weighted by Crippen LogP contribution is -2.01. The standard InChI is InChI=1S/C23H17N7S/c1-2-4-16(5-3-1)15-30-19-12-17(6-7-18(19)14-26-30)13-20-27-22-21(23-25-9-11-31-23)24-8-10-29(22)28-20/h1-12,14H,13,15H2. The van der Waals surface area contributed by atoms with Crippen LogP contribution >= 0.6 is 11.3 Å². The van der Waals surface area contributed by atoms with E-state index in [9.17, 15) is 0 Å². The van der Waals surface area contributed by atoms with Crippen LogP contribution in [0.5, 0.6) is 0 Å². The van der Waals surface area contributed by atoms with Crippen molar-refractivity contribution in [1.82, 2.24) is 34.3 Å². The molecular formula is C23H17N7S. The summed E-state index contributed by atoms with van der Waals surface area (Å²) in [4.78, 5) is 13.6. The number of nitrogens with zero attached hydrogens (tertiary/aromatic N) is 7. The van der Waals surface area contributed by atoms with Gasteiger partial charge in [0.1, 0.15) is 10.7 Å². The highest BCUT2D eigenvalue weighted by Crippen LogP contribution is 2.24. The summed E-state index contributed by atoms with van der Waals surface area (Å²) in [5.74, 6) is 0.749. The summed E-state index contributed by atoms with van der Waals surface area (Å²) in [5, 5.41) is 13.1. The molecule has 6 rings (SSSR count). The van der Waals surface area contributed by atoms with Crippen molar-refractivity contribution in [2.75, 3.05) is 0 Å². The molecule has 0 bridgehead atoms. The zero-order chi connectivity index (χ0) is 20.6. The van der Waals surface area contributed by atoms with Gasteiger partial charge in [-0.2, -0.15) is 10.2 Å². The third-order valence-corrected chi connectivity index (χ3v) is 5.96. The van der Waals surface area contributed by atoms with Crippen molar-refractivity contribution >= 4 is 27.9 Å². The number of hydrogen-bond acceptors (Lipinski definition) is 6. The van der Waals surface area contributed by atoms with E-state index in [1.807, 2.05) is 28.5 Å². The fourth-order valence-electron chi connectivity index (χ4n) is 3.72. The van der Waals surface area contributed by atoms with Crippen molar-refractivity contribution in [3.8, 4) is 10.7 Å². The van der Waals surface area contributed by atoms with E-state index < -0.39 is 0 Å². The molecule has 0 spiro atoms. The third kappa shape index (κ3) is 3.36. The zero-order valence-electron chi connectivity index (χ0n) is 16.5. The van der Waals surface area contributed by atoms with Gasteiger partial charge in [0.05, 0.1) is 18.3 Å². The van der Waals surface area contributed by atoms with Gasteiger partial charge in [0.25, 0.3) is 0 Å². The van der Waals surface area contributed by atoms with Gasteiger partial charge >= 0.3 is 0 Å². The van der Waals surface area contributed by atoms with E-state index in [4.69, 9.17) is 4.98 Å². The molecule has 150 valence electrons. The molecule has 0 unspecified atom stereocenters. The number of rotatable bonds is 5. The molecule has 4 heterocycles.